The molecule has 0 fully saturated rings. The number of rotatable bonds is 4. The minimum Gasteiger partial charge on any atom is -0.310 e. The first kappa shape index (κ1) is 25.8. The van der Waals surface area contributed by atoms with Crippen molar-refractivity contribution in [1.29, 1.82) is 0 Å². The lowest BCUT2D eigenvalue weighted by molar-refractivity contribution is 0.981. The molecule has 0 amide bonds. The van der Waals surface area contributed by atoms with E-state index in [0.29, 0.717) is 0 Å². The van der Waals surface area contributed by atoms with E-state index in [2.05, 4.69) is 166 Å². The molecule has 0 radical (unpaired) electrons. The fourth-order valence-electron chi connectivity index (χ4n) is 7.26. The van der Waals surface area contributed by atoms with Gasteiger partial charge in [0, 0.05) is 38.3 Å². The second-order valence-electron chi connectivity index (χ2n) is 11.9. The first-order valence-electron chi connectivity index (χ1n) is 15.9. The van der Waals surface area contributed by atoms with Gasteiger partial charge in [0.25, 0.3) is 0 Å². The fraction of sp³-hybridized carbons (Fsp3) is 0. The summed E-state index contributed by atoms with van der Waals surface area (Å²) in [6.07, 6.45) is 0. The average Bonchev–Trinajstić information content (AvgIpc) is 3.69. The van der Waals surface area contributed by atoms with E-state index in [-0.39, 0.29) is 0 Å². The van der Waals surface area contributed by atoms with Crippen LogP contribution in [0.15, 0.2) is 164 Å². The first-order chi connectivity index (χ1) is 23.3. The Balaban J connectivity index is 1.39. The molecule has 0 saturated carbocycles. The number of para-hydroxylation sites is 6. The summed E-state index contributed by atoms with van der Waals surface area (Å²) in [5.74, 6) is 0.819. The highest BCUT2D eigenvalue weighted by molar-refractivity contribution is 6.22. The highest BCUT2D eigenvalue weighted by Gasteiger charge is 2.24. The van der Waals surface area contributed by atoms with Crippen LogP contribution >= 0.6 is 0 Å². The summed E-state index contributed by atoms with van der Waals surface area (Å²) >= 11 is 0. The number of nitrogens with zero attached hydrogens (tertiary/aromatic N) is 5. The number of imidazole rings is 1. The van der Waals surface area contributed by atoms with Crippen molar-refractivity contribution in [3.63, 3.8) is 0 Å². The third kappa shape index (κ3) is 3.77. The minimum atomic E-state index is 0.819. The second kappa shape index (κ2) is 10.0. The molecule has 0 N–H and O–H groups in total. The van der Waals surface area contributed by atoms with Gasteiger partial charge in [-0.3, -0.25) is 8.97 Å². The molecular formula is C42H27N5. The summed E-state index contributed by atoms with van der Waals surface area (Å²) in [5, 5.41) is 5.67. The van der Waals surface area contributed by atoms with E-state index in [1.807, 2.05) is 12.1 Å². The largest absolute Gasteiger partial charge is 0.310 e. The van der Waals surface area contributed by atoms with Gasteiger partial charge >= 0.3 is 0 Å². The molecule has 0 bridgehead atoms. The molecule has 0 aliphatic rings. The van der Waals surface area contributed by atoms with Gasteiger partial charge in [-0.1, -0.05) is 103 Å². The molecule has 10 rings (SSSR count). The third-order valence-corrected chi connectivity index (χ3v) is 9.25. The zero-order chi connectivity index (χ0) is 30.9. The Kier molecular flexibility index (Phi) is 5.51. The number of fused-ring (bicyclic) bond motifs is 10. The maximum Gasteiger partial charge on any atom is 0.221 e. The molecule has 5 heteroatoms. The predicted molar refractivity (Wildman–Crippen MR) is 195 cm³/mol. The fourth-order valence-corrected chi connectivity index (χ4v) is 7.26. The Morgan fingerprint density at radius 3 is 1.70 bits per heavy atom. The molecule has 5 nitrogen and oxygen atoms in total. The van der Waals surface area contributed by atoms with Crippen molar-refractivity contribution in [3.8, 4) is 5.95 Å². The quantitative estimate of drug-likeness (QED) is 0.201. The van der Waals surface area contributed by atoms with Gasteiger partial charge in [0.05, 0.1) is 33.3 Å². The highest BCUT2D eigenvalue weighted by Crippen LogP contribution is 2.45. The van der Waals surface area contributed by atoms with Crippen LogP contribution in [0.25, 0.3) is 66.1 Å². The molecule has 0 saturated heterocycles. The van der Waals surface area contributed by atoms with Crippen LogP contribution < -0.4 is 4.90 Å². The van der Waals surface area contributed by atoms with E-state index >= 15 is 0 Å². The van der Waals surface area contributed by atoms with Crippen molar-refractivity contribution >= 4 is 77.2 Å². The Morgan fingerprint density at radius 2 is 0.979 bits per heavy atom. The molecule has 220 valence electrons. The Bertz CT molecular complexity index is 2760. The molecule has 47 heavy (non-hydrogen) atoms. The van der Waals surface area contributed by atoms with Crippen molar-refractivity contribution < 1.29 is 0 Å². The minimum absolute atomic E-state index is 0.819. The normalized spacial score (nSPS) is 11.8. The molecule has 0 atom stereocenters. The lowest BCUT2D eigenvalue weighted by Crippen LogP contribution is -2.11. The molecule has 0 aliphatic heterocycles. The standard InChI is InChI=1S/C42H27N5/c1-3-15-28(16-4-1)45(29-17-5-2-6-18-29)39-27-34-31-20-10-13-25-37(31)46(40(34)32-21-8-7-19-30(32)39)42-44-35-23-11-9-22-33(35)41-43-36-24-12-14-26-38(36)47(41)42/h1-27H. The molecule has 0 spiro atoms. The van der Waals surface area contributed by atoms with Crippen LogP contribution in [0.2, 0.25) is 0 Å². The topological polar surface area (TPSA) is 38.4 Å². The number of benzene rings is 7. The Hall–Kier alpha value is -6.46. The lowest BCUT2D eigenvalue weighted by atomic mass is 10.0. The van der Waals surface area contributed by atoms with Crippen LogP contribution in [-0.2, 0) is 0 Å². The van der Waals surface area contributed by atoms with Crippen molar-refractivity contribution in [1.82, 2.24) is 18.9 Å². The SMILES string of the molecule is c1ccc(N(c2ccccc2)c2cc3c4ccccc4n(-c4nc5ccccc5c5nc6ccccc6n45)c3c3ccccc23)cc1. The average molecular weight is 602 g/mol. The van der Waals surface area contributed by atoms with Crippen LogP contribution in [0.3, 0.4) is 0 Å². The number of hydrogen-bond acceptors (Lipinski definition) is 3. The van der Waals surface area contributed by atoms with Gasteiger partial charge in [-0.05, 0) is 60.7 Å². The van der Waals surface area contributed by atoms with Crippen molar-refractivity contribution in [2.45, 2.75) is 0 Å². The number of hydrogen-bond donors (Lipinski definition) is 0. The zero-order valence-electron chi connectivity index (χ0n) is 25.3. The molecule has 10 aromatic rings. The van der Waals surface area contributed by atoms with Crippen LogP contribution in [0.5, 0.6) is 0 Å². The predicted octanol–water partition coefficient (Wildman–Crippen LogP) is 10.8. The van der Waals surface area contributed by atoms with E-state index < -0.39 is 0 Å². The molecule has 0 aliphatic carbocycles. The van der Waals surface area contributed by atoms with E-state index in [1.165, 1.54) is 10.8 Å². The second-order valence-corrected chi connectivity index (χ2v) is 11.9. The van der Waals surface area contributed by atoms with Gasteiger partial charge in [-0.25, -0.2) is 9.97 Å². The van der Waals surface area contributed by atoms with Gasteiger partial charge < -0.3 is 4.90 Å². The monoisotopic (exact) mass is 601 g/mol. The first-order valence-corrected chi connectivity index (χ1v) is 15.9. The van der Waals surface area contributed by atoms with E-state index in [4.69, 9.17) is 9.97 Å². The third-order valence-electron chi connectivity index (χ3n) is 9.25. The zero-order valence-corrected chi connectivity index (χ0v) is 25.3. The molecule has 3 aromatic heterocycles. The van der Waals surface area contributed by atoms with E-state index in [9.17, 15) is 0 Å². The summed E-state index contributed by atoms with van der Waals surface area (Å²) in [4.78, 5) is 12.9. The molecule has 7 aromatic carbocycles. The van der Waals surface area contributed by atoms with E-state index in [0.717, 1.165) is 72.4 Å². The number of aromatic nitrogens is 4. The summed E-state index contributed by atoms with van der Waals surface area (Å²) in [7, 11) is 0. The van der Waals surface area contributed by atoms with Gasteiger partial charge in [-0.15, -0.1) is 0 Å². The maximum atomic E-state index is 5.40. The maximum absolute atomic E-state index is 5.40. The molecular weight excluding hydrogens is 574 g/mol. The van der Waals surface area contributed by atoms with Crippen molar-refractivity contribution in [2.24, 2.45) is 0 Å². The number of anilines is 3. The lowest BCUT2D eigenvalue weighted by Gasteiger charge is -2.27. The van der Waals surface area contributed by atoms with Crippen LogP contribution in [0, 0.1) is 0 Å². The van der Waals surface area contributed by atoms with Crippen molar-refractivity contribution in [3.05, 3.63) is 164 Å². The summed E-state index contributed by atoms with van der Waals surface area (Å²) in [5.41, 5.74) is 9.34. The van der Waals surface area contributed by atoms with Crippen LogP contribution in [0.1, 0.15) is 0 Å². The highest BCUT2D eigenvalue weighted by atomic mass is 15.2. The summed E-state index contributed by atoms with van der Waals surface area (Å²) in [6, 6.07) is 57.7. The molecule has 0 unspecified atom stereocenters. The van der Waals surface area contributed by atoms with Crippen LogP contribution in [-0.4, -0.2) is 18.9 Å². The van der Waals surface area contributed by atoms with Gasteiger partial charge in [0.1, 0.15) is 5.65 Å². The smallest absolute Gasteiger partial charge is 0.221 e. The van der Waals surface area contributed by atoms with Gasteiger partial charge in [-0.2, -0.15) is 0 Å². The summed E-state index contributed by atoms with van der Waals surface area (Å²) in [6.45, 7) is 0. The summed E-state index contributed by atoms with van der Waals surface area (Å²) < 4.78 is 4.58. The molecule has 3 heterocycles. The Morgan fingerprint density at radius 1 is 0.426 bits per heavy atom. The van der Waals surface area contributed by atoms with Crippen LogP contribution in [0.4, 0.5) is 17.1 Å². The van der Waals surface area contributed by atoms with Crippen molar-refractivity contribution in [2.75, 3.05) is 4.90 Å². The van der Waals surface area contributed by atoms with E-state index in [1.54, 1.807) is 0 Å². The van der Waals surface area contributed by atoms with Gasteiger partial charge in [0.15, 0.2) is 0 Å². The van der Waals surface area contributed by atoms with Gasteiger partial charge in [0.2, 0.25) is 5.95 Å². The Labute approximate surface area is 270 Å².